The summed E-state index contributed by atoms with van der Waals surface area (Å²) >= 11 is 1.70. The number of esters is 1. The molecule has 1 aliphatic rings. The number of hydrogen-bond acceptors (Lipinski definition) is 6. The van der Waals surface area contributed by atoms with Gasteiger partial charge in [-0.1, -0.05) is 6.07 Å². The molecule has 0 aromatic carbocycles. The van der Waals surface area contributed by atoms with E-state index in [0.717, 1.165) is 17.8 Å². The molecule has 2 atom stereocenters. The van der Waals surface area contributed by atoms with Crippen molar-refractivity contribution in [1.82, 2.24) is 19.9 Å². The van der Waals surface area contributed by atoms with Crippen LogP contribution >= 0.6 is 11.8 Å². The molecule has 0 aliphatic carbocycles. The number of amides is 1. The largest absolute Gasteiger partial charge is 0.459 e. The highest BCUT2D eigenvalue weighted by atomic mass is 32.2. The van der Waals surface area contributed by atoms with Gasteiger partial charge in [-0.25, -0.2) is 0 Å². The minimum atomic E-state index is -0.794. The number of pyridine rings is 1. The van der Waals surface area contributed by atoms with Crippen molar-refractivity contribution in [2.45, 2.75) is 38.3 Å². The minimum Gasteiger partial charge on any atom is -0.459 e. The van der Waals surface area contributed by atoms with Crippen molar-refractivity contribution in [3.8, 4) is 0 Å². The molecule has 2 aromatic heterocycles. The Labute approximate surface area is 150 Å². The Morgan fingerprint density at radius 2 is 2.28 bits per heavy atom. The summed E-state index contributed by atoms with van der Waals surface area (Å²) in [6.45, 7) is 3.54. The number of nitrogens with zero attached hydrogens (tertiary/aromatic N) is 3. The first-order valence-electron chi connectivity index (χ1n) is 8.23. The predicted molar refractivity (Wildman–Crippen MR) is 95.1 cm³/mol. The highest BCUT2D eigenvalue weighted by Gasteiger charge is 2.46. The summed E-state index contributed by atoms with van der Waals surface area (Å²) in [4.78, 5) is 24.4. The molecule has 3 heterocycles. The average molecular weight is 362 g/mol. The molecule has 134 valence electrons. The van der Waals surface area contributed by atoms with Crippen molar-refractivity contribution >= 4 is 29.3 Å². The molecule has 8 heteroatoms. The molecular formula is C17H22N4O3S. The fourth-order valence-electron chi connectivity index (χ4n) is 3.10. The van der Waals surface area contributed by atoms with Gasteiger partial charge >= 0.3 is 5.97 Å². The smallest absolute Gasteiger partial charge is 0.307 e. The molecule has 1 aliphatic heterocycles. The van der Waals surface area contributed by atoms with Crippen LogP contribution in [-0.4, -0.2) is 44.1 Å². The van der Waals surface area contributed by atoms with E-state index in [1.807, 2.05) is 35.1 Å². The van der Waals surface area contributed by atoms with Gasteiger partial charge in [-0.3, -0.25) is 14.0 Å². The summed E-state index contributed by atoms with van der Waals surface area (Å²) < 4.78 is 7.15. The normalized spacial score (nSPS) is 20.4. The minimum absolute atomic E-state index is 0.106. The summed E-state index contributed by atoms with van der Waals surface area (Å²) in [7, 11) is 0. The van der Waals surface area contributed by atoms with Crippen LogP contribution in [0.25, 0.3) is 5.65 Å². The SMILES string of the molecule is CSCC[C@H](NC(=O)[C@@H]1CC(=O)OC1(C)C)c1nnc2ccccn12. The standard InChI is InChI=1S/C17H22N4O3S/c1-17(2)11(10-14(22)24-17)16(23)18-12(7-9-25-3)15-20-19-13-6-4-5-8-21(13)15/h4-6,8,11-12H,7,9-10H2,1-3H3,(H,18,23)/t11-,12-/m0/s1. The molecule has 3 rings (SSSR count). The van der Waals surface area contributed by atoms with Gasteiger partial charge in [0.2, 0.25) is 5.91 Å². The maximum atomic E-state index is 12.8. The van der Waals surface area contributed by atoms with Crippen molar-refractivity contribution in [1.29, 1.82) is 0 Å². The van der Waals surface area contributed by atoms with E-state index in [-0.39, 0.29) is 24.3 Å². The molecule has 0 unspecified atom stereocenters. The Balaban J connectivity index is 1.84. The van der Waals surface area contributed by atoms with Gasteiger partial charge in [0, 0.05) is 6.20 Å². The van der Waals surface area contributed by atoms with E-state index in [9.17, 15) is 9.59 Å². The lowest BCUT2D eigenvalue weighted by Crippen LogP contribution is -2.42. The number of carbonyl (C=O) groups excluding carboxylic acids is 2. The van der Waals surface area contributed by atoms with Crippen molar-refractivity contribution in [3.05, 3.63) is 30.2 Å². The van der Waals surface area contributed by atoms with Gasteiger partial charge in [-0.05, 0) is 44.4 Å². The summed E-state index contributed by atoms with van der Waals surface area (Å²) in [6, 6.07) is 5.40. The van der Waals surface area contributed by atoms with Gasteiger partial charge in [0.15, 0.2) is 11.5 Å². The average Bonchev–Trinajstić information content (AvgIpc) is 3.11. The van der Waals surface area contributed by atoms with Gasteiger partial charge in [-0.2, -0.15) is 11.8 Å². The number of thioether (sulfide) groups is 1. The highest BCUT2D eigenvalue weighted by molar-refractivity contribution is 7.98. The number of aromatic nitrogens is 3. The van der Waals surface area contributed by atoms with Crippen molar-refractivity contribution in [3.63, 3.8) is 0 Å². The van der Waals surface area contributed by atoms with E-state index in [4.69, 9.17) is 4.74 Å². The van der Waals surface area contributed by atoms with Crippen molar-refractivity contribution in [2.24, 2.45) is 5.92 Å². The molecule has 2 aromatic rings. The van der Waals surface area contributed by atoms with E-state index in [1.165, 1.54) is 0 Å². The second-order valence-corrected chi connectivity index (χ2v) is 7.65. The maximum absolute atomic E-state index is 12.8. The topological polar surface area (TPSA) is 85.6 Å². The monoisotopic (exact) mass is 362 g/mol. The predicted octanol–water partition coefficient (Wildman–Crippen LogP) is 1.98. The third kappa shape index (κ3) is 3.63. The Morgan fingerprint density at radius 3 is 2.96 bits per heavy atom. The number of fused-ring (bicyclic) bond motifs is 1. The molecule has 0 radical (unpaired) electrons. The van der Waals surface area contributed by atoms with E-state index in [0.29, 0.717) is 5.82 Å². The fourth-order valence-corrected chi connectivity index (χ4v) is 3.57. The molecule has 25 heavy (non-hydrogen) atoms. The van der Waals surface area contributed by atoms with Crippen LogP contribution < -0.4 is 5.32 Å². The van der Waals surface area contributed by atoms with Crippen LogP contribution in [0.3, 0.4) is 0 Å². The molecule has 1 fully saturated rings. The van der Waals surface area contributed by atoms with Gasteiger partial charge in [-0.15, -0.1) is 10.2 Å². The summed E-state index contributed by atoms with van der Waals surface area (Å²) in [5.74, 6) is 0.543. The van der Waals surface area contributed by atoms with E-state index in [1.54, 1.807) is 25.6 Å². The molecule has 0 saturated carbocycles. The molecular weight excluding hydrogens is 340 g/mol. The van der Waals surface area contributed by atoms with Crippen molar-refractivity contribution in [2.75, 3.05) is 12.0 Å². The van der Waals surface area contributed by atoms with E-state index < -0.39 is 11.5 Å². The van der Waals surface area contributed by atoms with Crippen LogP contribution in [0.4, 0.5) is 0 Å². The number of cyclic esters (lactones) is 1. The van der Waals surface area contributed by atoms with Crippen molar-refractivity contribution < 1.29 is 14.3 Å². The Bertz CT molecular complexity index is 789. The zero-order valence-electron chi connectivity index (χ0n) is 14.6. The molecule has 1 saturated heterocycles. The number of nitrogens with one attached hydrogen (secondary N) is 1. The lowest BCUT2D eigenvalue weighted by molar-refractivity contribution is -0.147. The number of ether oxygens (including phenoxy) is 1. The third-order valence-corrected chi connectivity index (χ3v) is 5.13. The highest BCUT2D eigenvalue weighted by Crippen LogP contribution is 2.33. The maximum Gasteiger partial charge on any atom is 0.307 e. The van der Waals surface area contributed by atoms with Crippen LogP contribution in [0, 0.1) is 5.92 Å². The van der Waals surface area contributed by atoms with Crippen LogP contribution in [0.5, 0.6) is 0 Å². The van der Waals surface area contributed by atoms with E-state index >= 15 is 0 Å². The quantitative estimate of drug-likeness (QED) is 0.791. The van der Waals surface area contributed by atoms with Crippen LogP contribution in [-0.2, 0) is 14.3 Å². The molecule has 0 bridgehead atoms. The molecule has 0 spiro atoms. The fraction of sp³-hybridized carbons (Fsp3) is 0.529. The number of rotatable bonds is 6. The molecule has 1 amide bonds. The number of hydrogen-bond donors (Lipinski definition) is 1. The summed E-state index contributed by atoms with van der Waals surface area (Å²) in [5.41, 5.74) is -0.0568. The lowest BCUT2D eigenvalue weighted by Gasteiger charge is -2.26. The van der Waals surface area contributed by atoms with E-state index in [2.05, 4.69) is 15.5 Å². The Kier molecular flexibility index (Phi) is 4.99. The lowest BCUT2D eigenvalue weighted by atomic mass is 9.89. The third-order valence-electron chi connectivity index (χ3n) is 4.48. The number of carbonyl (C=O) groups is 2. The van der Waals surface area contributed by atoms with Crippen LogP contribution in [0.2, 0.25) is 0 Å². The van der Waals surface area contributed by atoms with Gasteiger partial charge in [0.1, 0.15) is 5.60 Å². The first-order chi connectivity index (χ1) is 11.9. The summed E-state index contributed by atoms with van der Waals surface area (Å²) in [6.07, 6.45) is 4.74. The second-order valence-electron chi connectivity index (χ2n) is 6.66. The first-order valence-corrected chi connectivity index (χ1v) is 9.62. The second kappa shape index (κ2) is 7.03. The van der Waals surface area contributed by atoms with Gasteiger partial charge < -0.3 is 10.1 Å². The zero-order chi connectivity index (χ0) is 18.0. The summed E-state index contributed by atoms with van der Waals surface area (Å²) in [5, 5.41) is 11.5. The molecule has 7 nitrogen and oxygen atoms in total. The molecule has 1 N–H and O–H groups in total. The Morgan fingerprint density at radius 1 is 1.48 bits per heavy atom. The van der Waals surface area contributed by atoms with Gasteiger partial charge in [0.25, 0.3) is 0 Å². The van der Waals surface area contributed by atoms with Gasteiger partial charge in [0.05, 0.1) is 18.4 Å². The first kappa shape index (κ1) is 17.7. The van der Waals surface area contributed by atoms with Crippen LogP contribution in [0.1, 0.15) is 38.6 Å². The zero-order valence-corrected chi connectivity index (χ0v) is 15.4. The van der Waals surface area contributed by atoms with Crippen LogP contribution in [0.15, 0.2) is 24.4 Å². The Hall–Kier alpha value is -2.09.